The zero-order chi connectivity index (χ0) is 11.6. The topological polar surface area (TPSA) is 35.2 Å². The smallest absolute Gasteiger partial charge is 0.123 e. The molecule has 1 heterocycles. The number of halogens is 1. The van der Waals surface area contributed by atoms with Gasteiger partial charge in [-0.2, -0.15) is 0 Å². The molecule has 16 heavy (non-hydrogen) atoms. The average Bonchev–Trinajstić information content (AvgIpc) is 2.72. The van der Waals surface area contributed by atoms with Gasteiger partial charge < -0.3 is 10.5 Å². The molecule has 1 unspecified atom stereocenters. The number of hydrogen-bond donors (Lipinski definition) is 1. The van der Waals surface area contributed by atoms with Crippen LogP contribution in [0.5, 0.6) is 0 Å². The molecule has 1 fully saturated rings. The van der Waals surface area contributed by atoms with Gasteiger partial charge in [-0.25, -0.2) is 4.39 Å². The minimum absolute atomic E-state index is 0.0581. The first-order valence-electron chi connectivity index (χ1n) is 5.68. The van der Waals surface area contributed by atoms with Gasteiger partial charge in [0.25, 0.3) is 0 Å². The molecule has 0 aliphatic carbocycles. The lowest BCUT2D eigenvalue weighted by Crippen LogP contribution is -2.33. The van der Waals surface area contributed by atoms with E-state index in [4.69, 9.17) is 10.5 Å². The highest BCUT2D eigenvalue weighted by atomic mass is 19.1. The molecule has 1 aliphatic rings. The predicted octanol–water partition coefficient (Wildman–Crippen LogP) is 2.04. The van der Waals surface area contributed by atoms with Crippen LogP contribution in [-0.2, 0) is 11.2 Å². The third-order valence-electron chi connectivity index (χ3n) is 3.49. The van der Waals surface area contributed by atoms with Crippen molar-refractivity contribution in [3.8, 4) is 0 Å². The highest BCUT2D eigenvalue weighted by Gasteiger charge is 2.33. The Labute approximate surface area is 95.6 Å². The van der Waals surface area contributed by atoms with Gasteiger partial charge in [0.2, 0.25) is 0 Å². The Morgan fingerprint density at radius 2 is 2.31 bits per heavy atom. The van der Waals surface area contributed by atoms with Crippen molar-refractivity contribution >= 4 is 0 Å². The van der Waals surface area contributed by atoms with E-state index in [0.29, 0.717) is 6.54 Å². The molecular weight excluding hydrogens is 205 g/mol. The van der Waals surface area contributed by atoms with Crippen LogP contribution in [0.3, 0.4) is 0 Å². The van der Waals surface area contributed by atoms with E-state index in [2.05, 4.69) is 0 Å². The van der Waals surface area contributed by atoms with Crippen LogP contribution in [0.1, 0.15) is 17.5 Å². The van der Waals surface area contributed by atoms with Crippen molar-refractivity contribution in [3.05, 3.63) is 35.1 Å². The molecule has 2 rings (SSSR count). The zero-order valence-electron chi connectivity index (χ0n) is 9.63. The Kier molecular flexibility index (Phi) is 3.26. The van der Waals surface area contributed by atoms with Crippen LogP contribution in [0.15, 0.2) is 18.2 Å². The Balaban J connectivity index is 2.19. The highest BCUT2D eigenvalue weighted by molar-refractivity contribution is 5.28. The lowest BCUT2D eigenvalue weighted by atomic mass is 9.80. The van der Waals surface area contributed by atoms with Gasteiger partial charge in [0.1, 0.15) is 5.82 Å². The molecule has 1 saturated heterocycles. The molecule has 2 N–H and O–H groups in total. The fraction of sp³-hybridized carbons (Fsp3) is 0.538. The summed E-state index contributed by atoms with van der Waals surface area (Å²) in [6.07, 6.45) is 1.88. The first kappa shape index (κ1) is 11.6. The summed E-state index contributed by atoms with van der Waals surface area (Å²) >= 11 is 0. The van der Waals surface area contributed by atoms with Crippen molar-refractivity contribution in [2.45, 2.75) is 19.8 Å². The first-order valence-corrected chi connectivity index (χ1v) is 5.68. The summed E-state index contributed by atoms with van der Waals surface area (Å²) in [7, 11) is 0. The van der Waals surface area contributed by atoms with Crippen LogP contribution in [-0.4, -0.2) is 19.8 Å². The lowest BCUT2D eigenvalue weighted by molar-refractivity contribution is 0.154. The van der Waals surface area contributed by atoms with Crippen molar-refractivity contribution in [1.29, 1.82) is 0 Å². The minimum Gasteiger partial charge on any atom is -0.381 e. The van der Waals surface area contributed by atoms with Crippen molar-refractivity contribution in [3.63, 3.8) is 0 Å². The summed E-state index contributed by atoms with van der Waals surface area (Å²) in [4.78, 5) is 0. The SMILES string of the molecule is Cc1cc(F)ccc1CC1(CN)CCOC1. The summed E-state index contributed by atoms with van der Waals surface area (Å²) in [5.74, 6) is -0.175. The first-order chi connectivity index (χ1) is 7.65. The van der Waals surface area contributed by atoms with Crippen molar-refractivity contribution in [2.24, 2.45) is 11.1 Å². The van der Waals surface area contributed by atoms with E-state index in [0.717, 1.165) is 31.6 Å². The summed E-state index contributed by atoms with van der Waals surface area (Å²) in [5, 5.41) is 0. The molecule has 0 aromatic heterocycles. The molecule has 1 aromatic carbocycles. The van der Waals surface area contributed by atoms with Gasteiger partial charge in [-0.05, 0) is 43.0 Å². The standard InChI is InChI=1S/C13H18FNO/c1-10-6-12(14)3-2-11(10)7-13(8-15)4-5-16-9-13/h2-3,6H,4-5,7-9,15H2,1H3. The Morgan fingerprint density at radius 3 is 2.88 bits per heavy atom. The van der Waals surface area contributed by atoms with Crippen LogP contribution in [0, 0.1) is 18.2 Å². The summed E-state index contributed by atoms with van der Waals surface area (Å²) in [6.45, 7) is 4.08. The highest BCUT2D eigenvalue weighted by Crippen LogP contribution is 2.32. The second-order valence-electron chi connectivity index (χ2n) is 4.75. The molecule has 0 radical (unpaired) electrons. The quantitative estimate of drug-likeness (QED) is 0.851. The zero-order valence-corrected chi connectivity index (χ0v) is 9.63. The number of ether oxygens (including phenoxy) is 1. The van der Waals surface area contributed by atoms with Crippen molar-refractivity contribution in [1.82, 2.24) is 0 Å². The van der Waals surface area contributed by atoms with Gasteiger partial charge >= 0.3 is 0 Å². The fourth-order valence-corrected chi connectivity index (χ4v) is 2.28. The van der Waals surface area contributed by atoms with Crippen molar-refractivity contribution in [2.75, 3.05) is 19.8 Å². The van der Waals surface area contributed by atoms with E-state index in [9.17, 15) is 4.39 Å². The molecule has 0 bridgehead atoms. The molecule has 1 aliphatic heterocycles. The average molecular weight is 223 g/mol. The van der Waals surface area contributed by atoms with Gasteiger partial charge in [-0.1, -0.05) is 6.07 Å². The Morgan fingerprint density at radius 1 is 1.50 bits per heavy atom. The second kappa shape index (κ2) is 4.52. The number of rotatable bonds is 3. The maximum absolute atomic E-state index is 13.0. The fourth-order valence-electron chi connectivity index (χ4n) is 2.28. The van der Waals surface area contributed by atoms with E-state index in [1.54, 1.807) is 6.07 Å². The van der Waals surface area contributed by atoms with E-state index in [-0.39, 0.29) is 11.2 Å². The van der Waals surface area contributed by atoms with Crippen molar-refractivity contribution < 1.29 is 9.13 Å². The molecule has 0 spiro atoms. The number of benzene rings is 1. The Hall–Kier alpha value is -0.930. The third kappa shape index (κ3) is 2.25. The number of nitrogens with two attached hydrogens (primary N) is 1. The molecule has 0 amide bonds. The van der Waals surface area contributed by atoms with Crippen LogP contribution in [0.2, 0.25) is 0 Å². The van der Waals surface area contributed by atoms with Gasteiger partial charge in [0.05, 0.1) is 6.61 Å². The monoisotopic (exact) mass is 223 g/mol. The van der Waals surface area contributed by atoms with Crippen LogP contribution in [0.25, 0.3) is 0 Å². The van der Waals surface area contributed by atoms with Crippen LogP contribution >= 0.6 is 0 Å². The Bertz CT molecular complexity index is 372. The second-order valence-corrected chi connectivity index (χ2v) is 4.75. The molecular formula is C13H18FNO. The van der Waals surface area contributed by atoms with Crippen LogP contribution < -0.4 is 5.73 Å². The van der Waals surface area contributed by atoms with E-state index < -0.39 is 0 Å². The molecule has 1 aromatic rings. The molecule has 1 atom stereocenters. The van der Waals surface area contributed by atoms with E-state index in [1.165, 1.54) is 11.6 Å². The van der Waals surface area contributed by atoms with Gasteiger partial charge in [-0.3, -0.25) is 0 Å². The predicted molar refractivity (Wildman–Crippen MR) is 61.8 cm³/mol. The molecule has 88 valence electrons. The molecule has 3 heteroatoms. The van der Waals surface area contributed by atoms with Gasteiger partial charge in [0, 0.05) is 18.6 Å². The lowest BCUT2D eigenvalue weighted by Gasteiger charge is -2.26. The minimum atomic E-state index is -0.175. The normalized spacial score (nSPS) is 24.9. The van der Waals surface area contributed by atoms with Gasteiger partial charge in [0.15, 0.2) is 0 Å². The summed E-state index contributed by atoms with van der Waals surface area (Å²) < 4.78 is 18.4. The number of aryl methyl sites for hydroxylation is 1. The summed E-state index contributed by atoms with van der Waals surface area (Å²) in [5.41, 5.74) is 8.08. The summed E-state index contributed by atoms with van der Waals surface area (Å²) in [6, 6.07) is 4.96. The maximum Gasteiger partial charge on any atom is 0.123 e. The maximum atomic E-state index is 13.0. The van der Waals surface area contributed by atoms with Gasteiger partial charge in [-0.15, -0.1) is 0 Å². The number of hydrogen-bond acceptors (Lipinski definition) is 2. The molecule has 0 saturated carbocycles. The third-order valence-corrected chi connectivity index (χ3v) is 3.49. The van der Waals surface area contributed by atoms with E-state index >= 15 is 0 Å². The molecule has 2 nitrogen and oxygen atoms in total. The van der Waals surface area contributed by atoms with Crippen LogP contribution in [0.4, 0.5) is 4.39 Å². The largest absolute Gasteiger partial charge is 0.381 e. The van der Waals surface area contributed by atoms with E-state index in [1.807, 2.05) is 13.0 Å².